The van der Waals surface area contributed by atoms with Crippen LogP contribution in [-0.2, 0) is 16.1 Å². The van der Waals surface area contributed by atoms with Crippen molar-refractivity contribution in [1.82, 2.24) is 4.90 Å². The molecule has 0 aliphatic carbocycles. The summed E-state index contributed by atoms with van der Waals surface area (Å²) in [6.45, 7) is 2.80. The summed E-state index contributed by atoms with van der Waals surface area (Å²) in [6, 6.07) is 10.4. The molecule has 5 heteroatoms. The fraction of sp³-hybridized carbons (Fsp3) is 0.250. The molecule has 2 heterocycles. The van der Waals surface area contributed by atoms with Gasteiger partial charge in [0, 0.05) is 28.9 Å². The molecule has 2 aromatic rings. The minimum Gasteiger partial charge on any atom is -0.484 e. The van der Waals surface area contributed by atoms with Crippen molar-refractivity contribution in [2.75, 3.05) is 19.4 Å². The van der Waals surface area contributed by atoms with Crippen LogP contribution >= 0.6 is 0 Å². The summed E-state index contributed by atoms with van der Waals surface area (Å²) in [5, 5.41) is 2.78. The van der Waals surface area contributed by atoms with Gasteiger partial charge in [0.25, 0.3) is 5.91 Å². The average Bonchev–Trinajstić information content (AvgIpc) is 3.03. The Balaban J connectivity index is 1.86. The van der Waals surface area contributed by atoms with Crippen LogP contribution in [-0.4, -0.2) is 24.9 Å². The van der Waals surface area contributed by atoms with E-state index in [1.165, 1.54) is 17.7 Å². The summed E-state index contributed by atoms with van der Waals surface area (Å²) >= 11 is 0. The van der Waals surface area contributed by atoms with Gasteiger partial charge in [-0.05, 0) is 44.8 Å². The van der Waals surface area contributed by atoms with Crippen LogP contribution in [0, 0.1) is 5.82 Å². The van der Waals surface area contributed by atoms with E-state index in [1.807, 2.05) is 33.2 Å². The number of carbonyl (C=O) groups excluding carboxylic acids is 1. The minimum absolute atomic E-state index is 0.148. The number of fused-ring (bicyclic) bond motifs is 2. The van der Waals surface area contributed by atoms with Gasteiger partial charge in [0.05, 0.1) is 5.57 Å². The molecular weight excluding hydrogens is 319 g/mol. The van der Waals surface area contributed by atoms with Crippen LogP contribution in [0.3, 0.4) is 0 Å². The molecule has 1 N–H and O–H groups in total. The zero-order chi connectivity index (χ0) is 17.7. The van der Waals surface area contributed by atoms with Crippen LogP contribution in [0.25, 0.3) is 11.3 Å². The lowest BCUT2D eigenvalue weighted by Crippen LogP contribution is -2.10. The number of nitrogens with zero attached hydrogens (tertiary/aromatic N) is 1. The van der Waals surface area contributed by atoms with Crippen LogP contribution in [0.2, 0.25) is 0 Å². The third-order valence-electron chi connectivity index (χ3n) is 4.55. The molecular formula is C20H19FN2O2. The van der Waals surface area contributed by atoms with E-state index < -0.39 is 0 Å². The van der Waals surface area contributed by atoms with E-state index in [-0.39, 0.29) is 17.8 Å². The molecule has 0 spiro atoms. The van der Waals surface area contributed by atoms with Gasteiger partial charge in [-0.3, -0.25) is 4.79 Å². The normalized spacial score (nSPS) is 21.2. The third-order valence-corrected chi connectivity index (χ3v) is 4.55. The number of ether oxygens (including phenoxy) is 1. The first-order valence-electron chi connectivity index (χ1n) is 8.24. The van der Waals surface area contributed by atoms with Crippen molar-refractivity contribution in [3.63, 3.8) is 0 Å². The molecule has 0 bridgehead atoms. The summed E-state index contributed by atoms with van der Waals surface area (Å²) in [5.41, 5.74) is 4.71. The van der Waals surface area contributed by atoms with Crippen molar-refractivity contribution in [3.05, 3.63) is 64.5 Å². The predicted molar refractivity (Wildman–Crippen MR) is 95.2 cm³/mol. The summed E-state index contributed by atoms with van der Waals surface area (Å²) in [7, 11) is 4.05. The molecule has 0 aromatic heterocycles. The van der Waals surface area contributed by atoms with E-state index in [2.05, 4.69) is 16.3 Å². The number of nitrogens with one attached hydrogen (secondary N) is 1. The summed E-state index contributed by atoms with van der Waals surface area (Å²) < 4.78 is 19.7. The van der Waals surface area contributed by atoms with Gasteiger partial charge >= 0.3 is 0 Å². The molecule has 4 rings (SSSR count). The topological polar surface area (TPSA) is 41.6 Å². The highest BCUT2D eigenvalue weighted by atomic mass is 19.1. The Hall–Kier alpha value is -2.66. The lowest BCUT2D eigenvalue weighted by Gasteiger charge is -2.11. The highest BCUT2D eigenvalue weighted by molar-refractivity contribution is 6.36. The van der Waals surface area contributed by atoms with Crippen LogP contribution in [0.4, 0.5) is 10.1 Å². The summed E-state index contributed by atoms with van der Waals surface area (Å²) in [5.74, 6) is -0.102. The van der Waals surface area contributed by atoms with Crippen molar-refractivity contribution < 1.29 is 13.9 Å². The Morgan fingerprint density at radius 3 is 2.72 bits per heavy atom. The van der Waals surface area contributed by atoms with E-state index in [4.69, 9.17) is 4.74 Å². The maximum Gasteiger partial charge on any atom is 0.260 e. The Kier molecular flexibility index (Phi) is 3.62. The standard InChI is InChI=1S/C20H19FN2O2/c1-11-15-8-12(10-23(2)3)4-6-14(15)19(25-11)18-16-9-13(21)5-7-17(16)22-20(18)24/h4-9,11H,10H2,1-3H3,(H,22,24)/b19-18+. The summed E-state index contributed by atoms with van der Waals surface area (Å²) in [4.78, 5) is 14.6. The van der Waals surface area contributed by atoms with Gasteiger partial charge in [-0.15, -0.1) is 0 Å². The molecule has 128 valence electrons. The van der Waals surface area contributed by atoms with Crippen LogP contribution in [0.1, 0.15) is 35.3 Å². The largest absolute Gasteiger partial charge is 0.484 e. The first-order valence-corrected chi connectivity index (χ1v) is 8.24. The SMILES string of the molecule is CC1O/C(=C2/C(=O)Nc3ccc(F)cc32)c2ccc(CN(C)C)cc21. The molecule has 0 saturated heterocycles. The Morgan fingerprint density at radius 2 is 1.96 bits per heavy atom. The molecule has 1 amide bonds. The molecule has 0 saturated carbocycles. The number of anilines is 1. The molecule has 2 aromatic carbocycles. The van der Waals surface area contributed by atoms with Crippen LogP contribution in [0.15, 0.2) is 36.4 Å². The maximum atomic E-state index is 13.7. The van der Waals surface area contributed by atoms with Crippen LogP contribution in [0.5, 0.6) is 0 Å². The molecule has 0 radical (unpaired) electrons. The van der Waals surface area contributed by atoms with Gasteiger partial charge in [-0.2, -0.15) is 0 Å². The third kappa shape index (κ3) is 2.61. The molecule has 1 atom stereocenters. The number of amides is 1. The smallest absolute Gasteiger partial charge is 0.260 e. The highest BCUT2D eigenvalue weighted by Crippen LogP contribution is 2.45. The molecule has 2 aliphatic rings. The number of hydrogen-bond donors (Lipinski definition) is 1. The monoisotopic (exact) mass is 338 g/mol. The van der Waals surface area contributed by atoms with Gasteiger partial charge in [0.15, 0.2) is 0 Å². The second kappa shape index (κ2) is 5.70. The first-order chi connectivity index (χ1) is 11.9. The fourth-order valence-electron chi connectivity index (χ4n) is 3.48. The fourth-order valence-corrected chi connectivity index (χ4v) is 3.48. The maximum absolute atomic E-state index is 13.7. The summed E-state index contributed by atoms with van der Waals surface area (Å²) in [6.07, 6.45) is -0.148. The van der Waals surface area contributed by atoms with E-state index >= 15 is 0 Å². The Morgan fingerprint density at radius 1 is 1.16 bits per heavy atom. The lowest BCUT2D eigenvalue weighted by atomic mass is 9.97. The van der Waals surface area contributed by atoms with Crippen molar-refractivity contribution >= 4 is 22.9 Å². The van der Waals surface area contributed by atoms with Gasteiger partial charge < -0.3 is 15.0 Å². The van der Waals surface area contributed by atoms with Gasteiger partial charge in [0.2, 0.25) is 0 Å². The van der Waals surface area contributed by atoms with Gasteiger partial charge in [-0.25, -0.2) is 4.39 Å². The van der Waals surface area contributed by atoms with Gasteiger partial charge in [0.1, 0.15) is 17.7 Å². The highest BCUT2D eigenvalue weighted by Gasteiger charge is 2.35. The molecule has 0 fully saturated rings. The van der Waals surface area contributed by atoms with E-state index in [9.17, 15) is 9.18 Å². The number of benzene rings is 2. The Labute approximate surface area is 145 Å². The number of rotatable bonds is 2. The van der Waals surface area contributed by atoms with E-state index in [1.54, 1.807) is 6.07 Å². The molecule has 25 heavy (non-hydrogen) atoms. The zero-order valence-corrected chi connectivity index (χ0v) is 14.4. The molecule has 4 nitrogen and oxygen atoms in total. The van der Waals surface area contributed by atoms with Crippen LogP contribution < -0.4 is 5.32 Å². The Bertz CT molecular complexity index is 918. The first kappa shape index (κ1) is 15.8. The minimum atomic E-state index is -0.374. The zero-order valence-electron chi connectivity index (χ0n) is 14.4. The number of hydrogen-bond acceptors (Lipinski definition) is 3. The van der Waals surface area contributed by atoms with Crippen molar-refractivity contribution in [1.29, 1.82) is 0 Å². The van der Waals surface area contributed by atoms with Crippen molar-refractivity contribution in [2.24, 2.45) is 0 Å². The molecule has 1 unspecified atom stereocenters. The number of halogens is 1. The second-order valence-corrected chi connectivity index (χ2v) is 6.77. The molecule has 2 aliphatic heterocycles. The van der Waals surface area contributed by atoms with Crippen molar-refractivity contribution in [3.8, 4) is 0 Å². The predicted octanol–water partition coefficient (Wildman–Crippen LogP) is 3.80. The van der Waals surface area contributed by atoms with E-state index in [0.29, 0.717) is 22.6 Å². The second-order valence-electron chi connectivity index (χ2n) is 6.77. The van der Waals surface area contributed by atoms with Gasteiger partial charge in [-0.1, -0.05) is 18.2 Å². The quantitative estimate of drug-likeness (QED) is 0.847. The van der Waals surface area contributed by atoms with Crippen molar-refractivity contribution in [2.45, 2.75) is 19.6 Å². The average molecular weight is 338 g/mol. The number of carbonyl (C=O) groups is 1. The lowest BCUT2D eigenvalue weighted by molar-refractivity contribution is -0.110. The van der Waals surface area contributed by atoms with E-state index in [0.717, 1.165) is 17.7 Å².